The number of Topliss-reactive ketones (excluding diaryl/α,β-unsaturated/α-hetero) is 1. The van der Waals surface area contributed by atoms with Crippen LogP contribution in [-0.2, 0) is 11.2 Å². The maximum absolute atomic E-state index is 10.9. The lowest BCUT2D eigenvalue weighted by Crippen LogP contribution is -2.09. The fourth-order valence-corrected chi connectivity index (χ4v) is 1.52. The zero-order chi connectivity index (χ0) is 11.4. The van der Waals surface area contributed by atoms with Gasteiger partial charge in [-0.05, 0) is 27.2 Å². The first-order valence-electron chi connectivity index (χ1n) is 5.16. The molecule has 0 bridgehead atoms. The number of ether oxygens (including phenoxy) is 1. The number of ketones is 1. The van der Waals surface area contributed by atoms with Crippen LogP contribution in [0.1, 0.15) is 38.9 Å². The molecule has 0 amide bonds. The smallest absolute Gasteiger partial charge is 0.159 e. The van der Waals surface area contributed by atoms with Gasteiger partial charge in [0.25, 0.3) is 0 Å². The maximum Gasteiger partial charge on any atom is 0.159 e. The molecule has 1 rings (SSSR count). The van der Waals surface area contributed by atoms with Gasteiger partial charge >= 0.3 is 0 Å². The number of rotatable bonds is 5. The van der Waals surface area contributed by atoms with Crippen molar-refractivity contribution in [2.24, 2.45) is 0 Å². The van der Waals surface area contributed by atoms with E-state index in [1.54, 1.807) is 20.2 Å². The second kappa shape index (κ2) is 4.96. The Morgan fingerprint density at radius 2 is 2.27 bits per heavy atom. The van der Waals surface area contributed by atoms with Crippen LogP contribution in [0, 0.1) is 0 Å². The van der Waals surface area contributed by atoms with Crippen molar-refractivity contribution in [2.45, 2.75) is 39.7 Å². The van der Waals surface area contributed by atoms with Crippen LogP contribution < -0.4 is 4.74 Å². The minimum absolute atomic E-state index is 0.188. The Bertz CT molecular complexity index is 342. The molecule has 0 aliphatic rings. The van der Waals surface area contributed by atoms with Crippen LogP contribution in [0.2, 0.25) is 0 Å². The van der Waals surface area contributed by atoms with Crippen LogP contribution in [0.5, 0.6) is 5.75 Å². The average Bonchev–Trinajstić information content (AvgIpc) is 2.57. The highest BCUT2D eigenvalue weighted by molar-refractivity contribution is 5.75. The Kier molecular flexibility index (Phi) is 3.88. The molecule has 0 aliphatic carbocycles. The molecule has 0 aliphatic heterocycles. The van der Waals surface area contributed by atoms with E-state index >= 15 is 0 Å². The second-order valence-electron chi connectivity index (χ2n) is 3.90. The molecule has 0 fully saturated rings. The molecular formula is C11H18N2O2. The maximum atomic E-state index is 10.9. The first kappa shape index (κ1) is 11.8. The van der Waals surface area contributed by atoms with E-state index in [1.165, 1.54) is 0 Å². The topological polar surface area (TPSA) is 44.1 Å². The Labute approximate surface area is 90.2 Å². The lowest BCUT2D eigenvalue weighted by molar-refractivity contribution is -0.117. The van der Waals surface area contributed by atoms with Crippen LogP contribution >= 0.6 is 0 Å². The molecule has 0 aromatic carbocycles. The summed E-state index contributed by atoms with van der Waals surface area (Å²) in [6.07, 6.45) is 2.93. The van der Waals surface area contributed by atoms with Gasteiger partial charge < -0.3 is 9.53 Å². The third-order valence-electron chi connectivity index (χ3n) is 2.28. The van der Waals surface area contributed by atoms with Crippen LogP contribution in [0.4, 0.5) is 0 Å². The van der Waals surface area contributed by atoms with E-state index in [2.05, 4.69) is 18.9 Å². The predicted molar refractivity (Wildman–Crippen MR) is 58.2 cm³/mol. The Balaban J connectivity index is 2.89. The van der Waals surface area contributed by atoms with Crippen molar-refractivity contribution < 1.29 is 9.53 Å². The van der Waals surface area contributed by atoms with Gasteiger partial charge in [0.05, 0.1) is 19.0 Å². The third-order valence-corrected chi connectivity index (χ3v) is 2.28. The molecule has 1 aromatic heterocycles. The number of aromatic nitrogens is 2. The lowest BCUT2D eigenvalue weighted by Gasteiger charge is -2.11. The first-order valence-corrected chi connectivity index (χ1v) is 5.16. The molecule has 15 heavy (non-hydrogen) atoms. The molecular weight excluding hydrogens is 192 g/mol. The van der Waals surface area contributed by atoms with Gasteiger partial charge in [-0.25, -0.2) is 0 Å². The van der Waals surface area contributed by atoms with E-state index in [9.17, 15) is 4.79 Å². The Hall–Kier alpha value is -1.32. The highest BCUT2D eigenvalue weighted by atomic mass is 16.5. The molecule has 0 atom stereocenters. The van der Waals surface area contributed by atoms with Crippen molar-refractivity contribution in [2.75, 3.05) is 7.11 Å². The largest absolute Gasteiger partial charge is 0.493 e. The van der Waals surface area contributed by atoms with E-state index < -0.39 is 0 Å². The minimum atomic E-state index is 0.188. The summed E-state index contributed by atoms with van der Waals surface area (Å²) in [7, 11) is 1.62. The van der Waals surface area contributed by atoms with Gasteiger partial charge in [0, 0.05) is 12.5 Å². The molecule has 0 saturated carbocycles. The average molecular weight is 210 g/mol. The van der Waals surface area contributed by atoms with Crippen LogP contribution in [0.25, 0.3) is 0 Å². The van der Waals surface area contributed by atoms with Gasteiger partial charge in [0.1, 0.15) is 5.78 Å². The standard InChI is InChI=1S/C11H18N2O2/c1-8(2)13-10(6-5-9(3)14)11(15-4)7-12-13/h7-8H,5-6H2,1-4H3. The Morgan fingerprint density at radius 3 is 2.73 bits per heavy atom. The summed E-state index contributed by atoms with van der Waals surface area (Å²) in [6.45, 7) is 5.72. The van der Waals surface area contributed by atoms with E-state index in [-0.39, 0.29) is 11.8 Å². The fourth-order valence-electron chi connectivity index (χ4n) is 1.52. The van der Waals surface area contributed by atoms with Crippen molar-refractivity contribution in [3.05, 3.63) is 11.9 Å². The van der Waals surface area contributed by atoms with Gasteiger partial charge in [0.2, 0.25) is 0 Å². The van der Waals surface area contributed by atoms with Crippen molar-refractivity contribution >= 4 is 5.78 Å². The van der Waals surface area contributed by atoms with Gasteiger partial charge in [0.15, 0.2) is 5.75 Å². The zero-order valence-electron chi connectivity index (χ0n) is 9.78. The number of carbonyl (C=O) groups is 1. The number of nitrogens with zero attached hydrogens (tertiary/aromatic N) is 2. The molecule has 1 aromatic rings. The minimum Gasteiger partial charge on any atom is -0.493 e. The van der Waals surface area contributed by atoms with Crippen LogP contribution in [0.15, 0.2) is 6.20 Å². The van der Waals surface area contributed by atoms with Crippen LogP contribution in [-0.4, -0.2) is 22.7 Å². The zero-order valence-corrected chi connectivity index (χ0v) is 9.78. The van der Waals surface area contributed by atoms with E-state index in [4.69, 9.17) is 4.74 Å². The molecule has 1 heterocycles. The molecule has 0 unspecified atom stereocenters. The summed E-state index contributed by atoms with van der Waals surface area (Å²) < 4.78 is 7.12. The first-order chi connectivity index (χ1) is 7.06. The second-order valence-corrected chi connectivity index (χ2v) is 3.90. The molecule has 4 nitrogen and oxygen atoms in total. The highest BCUT2D eigenvalue weighted by Gasteiger charge is 2.13. The van der Waals surface area contributed by atoms with Gasteiger partial charge in [-0.3, -0.25) is 4.68 Å². The third kappa shape index (κ3) is 2.81. The van der Waals surface area contributed by atoms with Crippen molar-refractivity contribution in [3.63, 3.8) is 0 Å². The van der Waals surface area contributed by atoms with E-state index in [1.807, 2.05) is 4.68 Å². The predicted octanol–water partition coefficient (Wildman–Crippen LogP) is 1.99. The van der Waals surface area contributed by atoms with Crippen LogP contribution in [0.3, 0.4) is 0 Å². The normalized spacial score (nSPS) is 10.7. The Morgan fingerprint density at radius 1 is 1.60 bits per heavy atom. The van der Waals surface area contributed by atoms with Gasteiger partial charge in [-0.2, -0.15) is 5.10 Å². The number of carbonyl (C=O) groups excluding carboxylic acids is 1. The summed E-state index contributed by atoms with van der Waals surface area (Å²) in [5.74, 6) is 0.957. The summed E-state index contributed by atoms with van der Waals surface area (Å²) in [5.41, 5.74) is 1.00. The summed E-state index contributed by atoms with van der Waals surface area (Å²) in [4.78, 5) is 10.9. The summed E-state index contributed by atoms with van der Waals surface area (Å²) in [5, 5.41) is 4.24. The van der Waals surface area contributed by atoms with Crippen molar-refractivity contribution in [3.8, 4) is 5.75 Å². The number of hydrogen-bond acceptors (Lipinski definition) is 3. The quantitative estimate of drug-likeness (QED) is 0.746. The lowest BCUT2D eigenvalue weighted by atomic mass is 10.2. The fraction of sp³-hybridized carbons (Fsp3) is 0.636. The molecule has 4 heteroatoms. The van der Waals surface area contributed by atoms with E-state index in [0.717, 1.165) is 11.4 Å². The molecule has 0 saturated heterocycles. The van der Waals surface area contributed by atoms with Crippen molar-refractivity contribution in [1.29, 1.82) is 0 Å². The van der Waals surface area contributed by atoms with Crippen molar-refractivity contribution in [1.82, 2.24) is 9.78 Å². The summed E-state index contributed by atoms with van der Waals surface area (Å²) >= 11 is 0. The summed E-state index contributed by atoms with van der Waals surface area (Å²) in [6, 6.07) is 0.288. The monoisotopic (exact) mass is 210 g/mol. The molecule has 0 radical (unpaired) electrons. The molecule has 0 N–H and O–H groups in total. The van der Waals surface area contributed by atoms with Gasteiger partial charge in [-0.15, -0.1) is 0 Å². The highest BCUT2D eigenvalue weighted by Crippen LogP contribution is 2.22. The SMILES string of the molecule is COc1cnn(C(C)C)c1CCC(C)=O. The van der Waals surface area contributed by atoms with E-state index in [0.29, 0.717) is 12.8 Å². The molecule has 0 spiro atoms. The number of methoxy groups -OCH3 is 1. The number of hydrogen-bond donors (Lipinski definition) is 0. The van der Waals surface area contributed by atoms with Gasteiger partial charge in [-0.1, -0.05) is 0 Å². The molecule has 84 valence electrons.